The lowest BCUT2D eigenvalue weighted by atomic mass is 10.2. The van der Waals surface area contributed by atoms with Crippen LogP contribution in [0.5, 0.6) is 0 Å². The number of carbonyl (C=O) groups excluding carboxylic acids is 2. The lowest BCUT2D eigenvalue weighted by Crippen LogP contribution is -2.17. The van der Waals surface area contributed by atoms with Gasteiger partial charge in [0.25, 0.3) is 11.8 Å². The third-order valence-corrected chi connectivity index (χ3v) is 3.38. The van der Waals surface area contributed by atoms with E-state index in [9.17, 15) is 14.4 Å². The number of thiazole rings is 1. The zero-order valence-corrected chi connectivity index (χ0v) is 12.8. The fourth-order valence-corrected chi connectivity index (χ4v) is 2.35. The Bertz CT molecular complexity index is 744. The van der Waals surface area contributed by atoms with Gasteiger partial charge in [-0.25, -0.2) is 9.78 Å². The Morgan fingerprint density at radius 2 is 2.09 bits per heavy atom. The molecule has 0 bridgehead atoms. The topological polar surface area (TPSA) is 118 Å². The number of aromatic carboxylic acids is 1. The number of rotatable bonds is 6. The number of hydrogen-bond acceptors (Lipinski definition) is 6. The monoisotopic (exact) mass is 335 g/mol. The van der Waals surface area contributed by atoms with E-state index in [1.165, 1.54) is 30.7 Å². The van der Waals surface area contributed by atoms with Crippen molar-refractivity contribution in [2.75, 3.05) is 24.4 Å². The zero-order chi connectivity index (χ0) is 16.8. The third-order valence-electron chi connectivity index (χ3n) is 2.63. The Balaban J connectivity index is 2.04. The molecule has 23 heavy (non-hydrogen) atoms. The lowest BCUT2D eigenvalue weighted by Gasteiger charge is -2.04. The Morgan fingerprint density at radius 1 is 1.30 bits per heavy atom. The van der Waals surface area contributed by atoms with Gasteiger partial charge in [-0.05, 0) is 18.2 Å². The van der Waals surface area contributed by atoms with Crippen LogP contribution in [0, 0.1) is 0 Å². The Hall–Kier alpha value is -2.78. The van der Waals surface area contributed by atoms with Gasteiger partial charge in [-0.15, -0.1) is 11.3 Å². The molecule has 120 valence electrons. The smallest absolute Gasteiger partial charge is 0.335 e. The van der Waals surface area contributed by atoms with Crippen LogP contribution in [0.4, 0.5) is 10.8 Å². The molecule has 2 amide bonds. The predicted molar refractivity (Wildman–Crippen MR) is 84.0 cm³/mol. The first kappa shape index (κ1) is 16.6. The quantitative estimate of drug-likeness (QED) is 0.739. The summed E-state index contributed by atoms with van der Waals surface area (Å²) in [4.78, 5) is 38.3. The zero-order valence-electron chi connectivity index (χ0n) is 12.0. The number of carboxylic acid groups (broad SMARTS) is 1. The molecule has 1 aromatic heterocycles. The van der Waals surface area contributed by atoms with Crippen molar-refractivity contribution in [3.8, 4) is 0 Å². The molecule has 0 aliphatic carbocycles. The number of nitrogens with zero attached hydrogens (tertiary/aromatic N) is 1. The fourth-order valence-electron chi connectivity index (χ4n) is 1.65. The molecule has 8 nitrogen and oxygen atoms in total. The molecule has 1 heterocycles. The van der Waals surface area contributed by atoms with Gasteiger partial charge in [-0.1, -0.05) is 6.07 Å². The number of carbonyl (C=O) groups is 3. The van der Waals surface area contributed by atoms with E-state index >= 15 is 0 Å². The summed E-state index contributed by atoms with van der Waals surface area (Å²) in [5.41, 5.74) is 0.518. The van der Waals surface area contributed by atoms with Crippen molar-refractivity contribution in [2.24, 2.45) is 0 Å². The highest BCUT2D eigenvalue weighted by Crippen LogP contribution is 2.17. The van der Waals surface area contributed by atoms with Crippen LogP contribution in [-0.4, -0.2) is 41.6 Å². The van der Waals surface area contributed by atoms with E-state index in [1.54, 1.807) is 6.07 Å². The number of nitrogens with one attached hydrogen (secondary N) is 2. The van der Waals surface area contributed by atoms with Crippen molar-refractivity contribution in [3.63, 3.8) is 0 Å². The molecule has 0 saturated heterocycles. The van der Waals surface area contributed by atoms with E-state index < -0.39 is 11.9 Å². The second-order valence-corrected chi connectivity index (χ2v) is 5.22. The van der Waals surface area contributed by atoms with Crippen molar-refractivity contribution in [2.45, 2.75) is 0 Å². The Labute approximate surface area is 135 Å². The van der Waals surface area contributed by atoms with Crippen LogP contribution in [-0.2, 0) is 9.53 Å². The summed E-state index contributed by atoms with van der Waals surface area (Å²) in [7, 11) is 1.39. The number of methoxy groups -OCH3 is 1. The summed E-state index contributed by atoms with van der Waals surface area (Å²) < 4.78 is 4.68. The highest BCUT2D eigenvalue weighted by Gasteiger charge is 2.13. The maximum Gasteiger partial charge on any atom is 0.335 e. The summed E-state index contributed by atoms with van der Waals surface area (Å²) in [6.07, 6.45) is 0. The molecule has 9 heteroatoms. The van der Waals surface area contributed by atoms with Crippen LogP contribution in [0.25, 0.3) is 0 Å². The number of anilines is 2. The number of ether oxygens (including phenoxy) is 1. The number of benzene rings is 1. The lowest BCUT2D eigenvalue weighted by molar-refractivity contribution is -0.119. The third kappa shape index (κ3) is 4.59. The minimum absolute atomic E-state index is 0.0635. The Kier molecular flexibility index (Phi) is 5.39. The van der Waals surface area contributed by atoms with Gasteiger partial charge in [-0.3, -0.25) is 14.9 Å². The van der Waals surface area contributed by atoms with Crippen LogP contribution >= 0.6 is 11.3 Å². The average Bonchev–Trinajstić information content (AvgIpc) is 2.96. The highest BCUT2D eigenvalue weighted by molar-refractivity contribution is 7.14. The van der Waals surface area contributed by atoms with E-state index in [0.29, 0.717) is 5.69 Å². The molecule has 2 rings (SSSR count). The second-order valence-electron chi connectivity index (χ2n) is 4.36. The van der Waals surface area contributed by atoms with E-state index in [-0.39, 0.29) is 28.9 Å². The molecule has 0 radical (unpaired) electrons. The van der Waals surface area contributed by atoms with Crippen molar-refractivity contribution in [3.05, 3.63) is 40.9 Å². The predicted octanol–water partition coefficient (Wildman–Crippen LogP) is 1.68. The van der Waals surface area contributed by atoms with E-state index in [4.69, 9.17) is 5.11 Å². The molecule has 0 unspecified atom stereocenters. The Morgan fingerprint density at radius 3 is 2.78 bits per heavy atom. The van der Waals surface area contributed by atoms with E-state index in [0.717, 1.165) is 11.3 Å². The second kappa shape index (κ2) is 7.47. The molecular formula is C14H13N3O5S. The van der Waals surface area contributed by atoms with Gasteiger partial charge in [0.05, 0.1) is 5.56 Å². The molecule has 0 aliphatic rings. The van der Waals surface area contributed by atoms with Gasteiger partial charge < -0.3 is 15.2 Å². The highest BCUT2D eigenvalue weighted by atomic mass is 32.1. The van der Waals surface area contributed by atoms with Gasteiger partial charge in [-0.2, -0.15) is 0 Å². The van der Waals surface area contributed by atoms with Crippen LogP contribution in [0.2, 0.25) is 0 Å². The number of hydrogen-bond donors (Lipinski definition) is 3. The molecular weight excluding hydrogens is 322 g/mol. The summed E-state index contributed by atoms with van der Waals surface area (Å²) >= 11 is 1.10. The average molecular weight is 335 g/mol. The molecule has 0 fully saturated rings. The van der Waals surface area contributed by atoms with E-state index in [1.807, 2.05) is 0 Å². The molecule has 2 aromatic rings. The van der Waals surface area contributed by atoms with Gasteiger partial charge in [0.2, 0.25) is 0 Å². The molecule has 0 aliphatic heterocycles. The maximum absolute atomic E-state index is 12.1. The normalized spacial score (nSPS) is 10.1. The summed E-state index contributed by atoms with van der Waals surface area (Å²) in [5.74, 6) is -1.96. The van der Waals surface area contributed by atoms with Gasteiger partial charge in [0.15, 0.2) is 5.13 Å². The van der Waals surface area contributed by atoms with Gasteiger partial charge in [0, 0.05) is 18.2 Å². The van der Waals surface area contributed by atoms with Crippen LogP contribution in [0.15, 0.2) is 29.6 Å². The van der Waals surface area contributed by atoms with E-state index in [2.05, 4.69) is 20.4 Å². The van der Waals surface area contributed by atoms with Gasteiger partial charge in [0.1, 0.15) is 12.3 Å². The van der Waals surface area contributed by atoms with Crippen LogP contribution in [0.1, 0.15) is 20.8 Å². The minimum atomic E-state index is -1.09. The molecule has 1 aromatic carbocycles. The van der Waals surface area contributed by atoms with Crippen molar-refractivity contribution in [1.29, 1.82) is 0 Å². The minimum Gasteiger partial charge on any atom is -0.478 e. The summed E-state index contributed by atoms with van der Waals surface area (Å²) in [5, 5.41) is 15.7. The molecule has 3 N–H and O–H groups in total. The number of carboxylic acids is 1. The first-order valence-corrected chi connectivity index (χ1v) is 7.26. The standard InChI is InChI=1S/C14H13N3O5S/c1-22-6-11(18)17-14-16-10(7-23-14)12(19)15-9-4-2-3-8(5-9)13(20)21/h2-5,7H,6H2,1H3,(H,15,19)(H,20,21)(H,16,17,18). The van der Waals surface area contributed by atoms with Crippen LogP contribution < -0.4 is 10.6 Å². The molecule has 0 spiro atoms. The summed E-state index contributed by atoms with van der Waals surface area (Å²) in [6, 6.07) is 5.85. The molecule has 0 atom stereocenters. The maximum atomic E-state index is 12.1. The van der Waals surface area contributed by atoms with Crippen molar-refractivity contribution in [1.82, 2.24) is 4.98 Å². The number of aromatic nitrogens is 1. The van der Waals surface area contributed by atoms with Crippen molar-refractivity contribution >= 4 is 39.9 Å². The van der Waals surface area contributed by atoms with Gasteiger partial charge >= 0.3 is 5.97 Å². The number of amides is 2. The van der Waals surface area contributed by atoms with Crippen LogP contribution in [0.3, 0.4) is 0 Å². The summed E-state index contributed by atoms with van der Waals surface area (Å²) in [6.45, 7) is -0.108. The SMILES string of the molecule is COCC(=O)Nc1nc(C(=O)Nc2cccc(C(=O)O)c2)cs1. The first-order chi connectivity index (χ1) is 11.0. The first-order valence-electron chi connectivity index (χ1n) is 6.38. The largest absolute Gasteiger partial charge is 0.478 e. The molecule has 0 saturated carbocycles. The van der Waals surface area contributed by atoms with Crippen molar-refractivity contribution < 1.29 is 24.2 Å². The fraction of sp³-hybridized carbons (Fsp3) is 0.143.